The van der Waals surface area contributed by atoms with Crippen molar-refractivity contribution in [1.82, 2.24) is 5.32 Å². The van der Waals surface area contributed by atoms with Gasteiger partial charge in [0.15, 0.2) is 0 Å². The molecule has 4 heteroatoms. The number of ether oxygens (including phenoxy) is 1. The summed E-state index contributed by atoms with van der Waals surface area (Å²) in [4.78, 5) is 24.8. The van der Waals surface area contributed by atoms with Gasteiger partial charge in [0.1, 0.15) is 11.5 Å². The van der Waals surface area contributed by atoms with Crippen LogP contribution in [0.3, 0.4) is 0 Å². The molecule has 1 aliphatic rings. The van der Waals surface area contributed by atoms with Crippen LogP contribution in [-0.2, 0) is 10.2 Å². The maximum Gasteiger partial charge on any atom is 0.255 e. The number of ketones is 1. The van der Waals surface area contributed by atoms with Gasteiger partial charge in [-0.3, -0.25) is 9.59 Å². The topological polar surface area (TPSA) is 55.4 Å². The van der Waals surface area contributed by atoms with E-state index in [2.05, 4.69) is 5.32 Å². The van der Waals surface area contributed by atoms with Gasteiger partial charge in [-0.25, -0.2) is 0 Å². The molecule has 3 rings (SSSR count). The monoisotopic (exact) mass is 337 g/mol. The summed E-state index contributed by atoms with van der Waals surface area (Å²) < 4.78 is 5.27. The fourth-order valence-corrected chi connectivity index (χ4v) is 3.65. The first-order chi connectivity index (χ1) is 12.1. The number of para-hydroxylation sites is 1. The van der Waals surface area contributed by atoms with Crippen LogP contribution >= 0.6 is 0 Å². The molecule has 1 N–H and O–H groups in total. The van der Waals surface area contributed by atoms with Crippen molar-refractivity contribution in [3.05, 3.63) is 65.7 Å². The van der Waals surface area contributed by atoms with Crippen LogP contribution < -0.4 is 10.1 Å². The second kappa shape index (κ2) is 7.51. The number of carbonyl (C=O) groups is 2. The Kier molecular flexibility index (Phi) is 5.17. The zero-order valence-electron chi connectivity index (χ0n) is 14.5. The number of nitrogens with one attached hydrogen (secondary N) is 1. The predicted molar refractivity (Wildman–Crippen MR) is 96.9 cm³/mol. The molecule has 1 atom stereocenters. The summed E-state index contributed by atoms with van der Waals surface area (Å²) in [6.45, 7) is 0.444. The smallest absolute Gasteiger partial charge is 0.255 e. The Hall–Kier alpha value is -2.62. The Morgan fingerprint density at radius 3 is 2.56 bits per heavy atom. The summed E-state index contributed by atoms with van der Waals surface area (Å²) in [5.74, 6) is 0.640. The molecule has 1 saturated carbocycles. The van der Waals surface area contributed by atoms with E-state index in [1.807, 2.05) is 42.5 Å². The minimum atomic E-state index is -0.325. The molecule has 130 valence electrons. The fraction of sp³-hybridized carbons (Fsp3) is 0.333. The molecule has 4 nitrogen and oxygen atoms in total. The normalized spacial score (nSPS) is 20.1. The van der Waals surface area contributed by atoms with Gasteiger partial charge < -0.3 is 10.1 Å². The van der Waals surface area contributed by atoms with Crippen LogP contribution in [0.4, 0.5) is 0 Å². The highest BCUT2D eigenvalue weighted by Gasteiger charge is 2.37. The first kappa shape index (κ1) is 17.2. The number of amides is 1. The summed E-state index contributed by atoms with van der Waals surface area (Å²) in [6.07, 6.45) is 2.87. The molecule has 0 aliphatic heterocycles. The van der Waals surface area contributed by atoms with Gasteiger partial charge in [-0.1, -0.05) is 42.5 Å². The SMILES string of the molecule is COc1ccccc1C(=O)NCC1(c2ccccc2)CCCC(=O)C1. The summed E-state index contributed by atoms with van der Waals surface area (Å²) in [5, 5.41) is 3.03. The molecule has 1 unspecified atom stereocenters. The lowest BCUT2D eigenvalue weighted by Crippen LogP contribution is -2.44. The lowest BCUT2D eigenvalue weighted by molar-refractivity contribution is -0.122. The van der Waals surface area contributed by atoms with E-state index in [0.29, 0.717) is 30.7 Å². The Morgan fingerprint density at radius 2 is 1.84 bits per heavy atom. The van der Waals surface area contributed by atoms with Gasteiger partial charge in [-0.2, -0.15) is 0 Å². The number of hydrogen-bond acceptors (Lipinski definition) is 3. The van der Waals surface area contributed by atoms with Crippen LogP contribution in [-0.4, -0.2) is 25.3 Å². The summed E-state index contributed by atoms with van der Waals surface area (Å²) in [6, 6.07) is 17.2. The highest BCUT2D eigenvalue weighted by molar-refractivity contribution is 5.97. The third-order valence-corrected chi connectivity index (χ3v) is 4.97. The van der Waals surface area contributed by atoms with Crippen molar-refractivity contribution in [1.29, 1.82) is 0 Å². The Balaban J connectivity index is 1.82. The van der Waals surface area contributed by atoms with Gasteiger partial charge in [0.2, 0.25) is 0 Å². The average molecular weight is 337 g/mol. The third-order valence-electron chi connectivity index (χ3n) is 4.97. The first-order valence-electron chi connectivity index (χ1n) is 8.63. The minimum Gasteiger partial charge on any atom is -0.496 e. The third kappa shape index (κ3) is 3.73. The Morgan fingerprint density at radius 1 is 1.12 bits per heavy atom. The number of hydrogen-bond donors (Lipinski definition) is 1. The van der Waals surface area contributed by atoms with E-state index in [9.17, 15) is 9.59 Å². The Labute approximate surface area is 148 Å². The summed E-state index contributed by atoms with van der Waals surface area (Å²) in [7, 11) is 1.55. The van der Waals surface area contributed by atoms with E-state index in [-0.39, 0.29) is 17.1 Å². The average Bonchev–Trinajstić information content (AvgIpc) is 2.67. The van der Waals surface area contributed by atoms with E-state index in [1.54, 1.807) is 19.2 Å². The van der Waals surface area contributed by atoms with Crippen molar-refractivity contribution in [2.24, 2.45) is 0 Å². The van der Waals surface area contributed by atoms with E-state index in [0.717, 1.165) is 18.4 Å². The largest absolute Gasteiger partial charge is 0.496 e. The molecule has 0 saturated heterocycles. The summed E-state index contributed by atoms with van der Waals surface area (Å²) in [5.41, 5.74) is 1.30. The van der Waals surface area contributed by atoms with Gasteiger partial charge in [-0.05, 0) is 30.5 Å². The van der Waals surface area contributed by atoms with Gasteiger partial charge in [0.25, 0.3) is 5.91 Å². The van der Waals surface area contributed by atoms with E-state index >= 15 is 0 Å². The lowest BCUT2D eigenvalue weighted by Gasteiger charge is -2.37. The van der Waals surface area contributed by atoms with Crippen LogP contribution in [0.15, 0.2) is 54.6 Å². The number of rotatable bonds is 5. The number of carbonyl (C=O) groups excluding carboxylic acids is 2. The van der Waals surface area contributed by atoms with E-state index in [4.69, 9.17) is 4.74 Å². The Bertz CT molecular complexity index is 757. The molecule has 25 heavy (non-hydrogen) atoms. The molecule has 1 fully saturated rings. The van der Waals surface area contributed by atoms with Crippen molar-refractivity contribution in [3.8, 4) is 5.75 Å². The van der Waals surface area contributed by atoms with Crippen LogP contribution in [0, 0.1) is 0 Å². The van der Waals surface area contributed by atoms with Gasteiger partial charge in [0, 0.05) is 24.8 Å². The first-order valence-corrected chi connectivity index (χ1v) is 8.63. The lowest BCUT2D eigenvalue weighted by atomic mass is 9.69. The van der Waals surface area contributed by atoms with Crippen molar-refractivity contribution in [2.45, 2.75) is 31.1 Å². The molecular formula is C21H23NO3. The highest BCUT2D eigenvalue weighted by atomic mass is 16.5. The molecule has 2 aromatic carbocycles. The molecule has 0 radical (unpaired) electrons. The molecule has 0 aromatic heterocycles. The number of Topliss-reactive ketones (excluding diaryl/α,β-unsaturated/α-hetero) is 1. The second-order valence-corrected chi connectivity index (χ2v) is 6.60. The van der Waals surface area contributed by atoms with Crippen molar-refractivity contribution in [3.63, 3.8) is 0 Å². The van der Waals surface area contributed by atoms with Crippen LogP contribution in [0.1, 0.15) is 41.6 Å². The summed E-state index contributed by atoms with van der Waals surface area (Å²) >= 11 is 0. The zero-order valence-corrected chi connectivity index (χ0v) is 14.5. The second-order valence-electron chi connectivity index (χ2n) is 6.60. The van der Waals surface area contributed by atoms with Gasteiger partial charge >= 0.3 is 0 Å². The fourth-order valence-electron chi connectivity index (χ4n) is 3.65. The highest BCUT2D eigenvalue weighted by Crippen LogP contribution is 2.37. The molecule has 0 heterocycles. The maximum absolute atomic E-state index is 12.6. The van der Waals surface area contributed by atoms with Gasteiger partial charge in [0.05, 0.1) is 12.7 Å². The van der Waals surface area contributed by atoms with Crippen molar-refractivity contribution < 1.29 is 14.3 Å². The van der Waals surface area contributed by atoms with Crippen molar-refractivity contribution in [2.75, 3.05) is 13.7 Å². The standard InChI is InChI=1S/C21H23NO3/c1-25-19-12-6-5-11-18(19)20(24)22-15-21(13-7-10-17(23)14-21)16-8-3-2-4-9-16/h2-6,8-9,11-12H,7,10,13-15H2,1H3,(H,22,24). The van der Waals surface area contributed by atoms with Crippen LogP contribution in [0.5, 0.6) is 5.75 Å². The molecule has 2 aromatic rings. The molecule has 1 aliphatic carbocycles. The van der Waals surface area contributed by atoms with Crippen LogP contribution in [0.2, 0.25) is 0 Å². The molecular weight excluding hydrogens is 314 g/mol. The van der Waals surface area contributed by atoms with E-state index in [1.165, 1.54) is 0 Å². The predicted octanol–water partition coefficient (Wildman–Crippen LogP) is 3.51. The van der Waals surface area contributed by atoms with Crippen LogP contribution in [0.25, 0.3) is 0 Å². The van der Waals surface area contributed by atoms with Gasteiger partial charge in [-0.15, -0.1) is 0 Å². The zero-order chi connectivity index (χ0) is 17.7. The number of methoxy groups -OCH3 is 1. The molecule has 0 bridgehead atoms. The number of benzene rings is 2. The molecule has 1 amide bonds. The quantitative estimate of drug-likeness (QED) is 0.908. The minimum absolute atomic E-state index is 0.175. The molecule has 0 spiro atoms. The van der Waals surface area contributed by atoms with E-state index < -0.39 is 0 Å². The van der Waals surface area contributed by atoms with Crippen molar-refractivity contribution >= 4 is 11.7 Å². The maximum atomic E-state index is 12.6.